The third-order valence-corrected chi connectivity index (χ3v) is 6.45. The molecule has 0 radical (unpaired) electrons. The molecule has 1 saturated carbocycles. The van der Waals surface area contributed by atoms with Crippen molar-refractivity contribution in [2.75, 3.05) is 13.2 Å². The summed E-state index contributed by atoms with van der Waals surface area (Å²) in [6, 6.07) is -2.95. The maximum atomic E-state index is 10.7. The highest BCUT2D eigenvalue weighted by Crippen LogP contribution is 2.32. The van der Waals surface area contributed by atoms with Gasteiger partial charge in [0.2, 0.25) is 0 Å². The lowest BCUT2D eigenvalue weighted by atomic mass is 9.84. The maximum absolute atomic E-state index is 10.7. The van der Waals surface area contributed by atoms with Crippen LogP contribution in [0.5, 0.6) is 0 Å². The van der Waals surface area contributed by atoms with Crippen molar-refractivity contribution in [1.29, 1.82) is 0 Å². The van der Waals surface area contributed by atoms with Crippen LogP contribution < -0.4 is 22.9 Å². The van der Waals surface area contributed by atoms with E-state index in [0.717, 1.165) is 0 Å². The van der Waals surface area contributed by atoms with Gasteiger partial charge >= 0.3 is 0 Å². The van der Waals surface area contributed by atoms with Gasteiger partial charge in [0.05, 0.1) is 18.8 Å². The molecule has 15 N–H and O–H groups in total. The molecule has 3 rings (SSSR count). The standard InChI is InChI=1S/C18H36N4O11/c19-2-7-10(26)13(29)18(30-7)33-16-9(25)4(20)1-5(21)14(16)31-17-8(22)11(27)12(28)15(32-17)6(24)3-23/h4-18,23-29H,1-3,19-22H2/t4-,5?,6-,7-,8?,9-,10?,11-,12+,13+,14-,15?,16?,17+,18+/m1/s1. The predicted molar refractivity (Wildman–Crippen MR) is 108 cm³/mol. The quantitative estimate of drug-likeness (QED) is 0.160. The van der Waals surface area contributed by atoms with Crippen LogP contribution >= 0.6 is 0 Å². The first-order valence-electron chi connectivity index (χ1n) is 10.8. The van der Waals surface area contributed by atoms with Crippen molar-refractivity contribution < 1.29 is 54.7 Å². The van der Waals surface area contributed by atoms with Gasteiger partial charge in [-0.15, -0.1) is 0 Å². The van der Waals surface area contributed by atoms with Crippen LogP contribution in [0.15, 0.2) is 0 Å². The minimum Gasteiger partial charge on any atom is -0.394 e. The van der Waals surface area contributed by atoms with Gasteiger partial charge < -0.3 is 77.6 Å². The second kappa shape index (κ2) is 11.0. The molecule has 0 aromatic heterocycles. The first-order valence-corrected chi connectivity index (χ1v) is 10.8. The summed E-state index contributed by atoms with van der Waals surface area (Å²) in [6.07, 6.45) is -16.4. The Kier molecular flexibility index (Phi) is 8.99. The van der Waals surface area contributed by atoms with Crippen molar-refractivity contribution >= 4 is 0 Å². The number of hydrogen-bond donors (Lipinski definition) is 11. The van der Waals surface area contributed by atoms with Crippen LogP contribution in [0, 0.1) is 0 Å². The molecule has 2 heterocycles. The van der Waals surface area contributed by atoms with E-state index in [1.807, 2.05) is 0 Å². The van der Waals surface area contributed by atoms with E-state index in [1.54, 1.807) is 0 Å². The fourth-order valence-electron chi connectivity index (χ4n) is 4.39. The Morgan fingerprint density at radius 3 is 2.00 bits per heavy atom. The first kappa shape index (κ1) is 27.0. The number of ether oxygens (including phenoxy) is 4. The topological polar surface area (TPSA) is 283 Å². The molecule has 0 aromatic rings. The maximum Gasteiger partial charge on any atom is 0.187 e. The molecule has 0 spiro atoms. The highest BCUT2D eigenvalue weighted by Gasteiger charge is 2.52. The van der Waals surface area contributed by atoms with E-state index in [4.69, 9.17) is 41.9 Å². The number of aliphatic hydroxyl groups is 7. The van der Waals surface area contributed by atoms with Gasteiger partial charge in [-0.2, -0.15) is 0 Å². The van der Waals surface area contributed by atoms with Gasteiger partial charge in [0.25, 0.3) is 0 Å². The fourth-order valence-corrected chi connectivity index (χ4v) is 4.39. The monoisotopic (exact) mass is 484 g/mol. The Bertz CT molecular complexity index is 638. The summed E-state index contributed by atoms with van der Waals surface area (Å²) in [5.74, 6) is 0. The second-order valence-corrected chi connectivity index (χ2v) is 8.79. The summed E-state index contributed by atoms with van der Waals surface area (Å²) in [6.45, 7) is -0.857. The van der Waals surface area contributed by atoms with E-state index in [0.29, 0.717) is 0 Å². The van der Waals surface area contributed by atoms with Gasteiger partial charge in [-0.3, -0.25) is 0 Å². The molecule has 5 unspecified atom stereocenters. The predicted octanol–water partition coefficient (Wildman–Crippen LogP) is -7.29. The van der Waals surface area contributed by atoms with Crippen molar-refractivity contribution in [2.45, 2.75) is 98.2 Å². The summed E-state index contributed by atoms with van der Waals surface area (Å²) in [5, 5.41) is 70.5. The molecule has 0 amide bonds. The zero-order valence-corrected chi connectivity index (χ0v) is 17.9. The van der Waals surface area contributed by atoms with E-state index < -0.39 is 98.4 Å². The lowest BCUT2D eigenvalue weighted by Crippen LogP contribution is -2.68. The summed E-state index contributed by atoms with van der Waals surface area (Å²) in [7, 11) is 0. The molecule has 15 heteroatoms. The second-order valence-electron chi connectivity index (χ2n) is 8.79. The largest absolute Gasteiger partial charge is 0.394 e. The van der Waals surface area contributed by atoms with Crippen LogP contribution in [0.2, 0.25) is 0 Å². The van der Waals surface area contributed by atoms with Crippen LogP contribution in [-0.2, 0) is 18.9 Å². The van der Waals surface area contributed by atoms with Crippen molar-refractivity contribution in [3.63, 3.8) is 0 Å². The van der Waals surface area contributed by atoms with Gasteiger partial charge in [0.15, 0.2) is 12.6 Å². The summed E-state index contributed by atoms with van der Waals surface area (Å²) in [4.78, 5) is 0. The molecule has 0 aromatic carbocycles. The molecule has 15 nitrogen and oxygen atoms in total. The minimum atomic E-state index is -1.61. The Labute approximate surface area is 189 Å². The van der Waals surface area contributed by atoms with E-state index in [2.05, 4.69) is 0 Å². The number of rotatable bonds is 7. The SMILES string of the molecule is NC[C@H]1O[C@@H](OC2[C@H](O[C@H]3OC([C@H](O)CO)[C@@H](O)[C@H](O)C3N)C(N)C[C@@H](N)[C@H]2O)[C@@H](O)C1O. The van der Waals surface area contributed by atoms with Crippen molar-refractivity contribution in [3.8, 4) is 0 Å². The van der Waals surface area contributed by atoms with E-state index in [1.165, 1.54) is 0 Å². The molecule has 194 valence electrons. The number of nitrogens with two attached hydrogens (primary N) is 4. The molecule has 2 saturated heterocycles. The van der Waals surface area contributed by atoms with Crippen molar-refractivity contribution in [3.05, 3.63) is 0 Å². The lowest BCUT2D eigenvalue weighted by Gasteiger charge is -2.47. The van der Waals surface area contributed by atoms with Crippen molar-refractivity contribution in [2.24, 2.45) is 22.9 Å². The van der Waals surface area contributed by atoms with E-state index in [9.17, 15) is 35.7 Å². The zero-order valence-electron chi connectivity index (χ0n) is 17.9. The van der Waals surface area contributed by atoms with Crippen LogP contribution in [-0.4, -0.2) is 141 Å². The number of aliphatic hydroxyl groups excluding tert-OH is 7. The molecule has 2 aliphatic heterocycles. The highest BCUT2D eigenvalue weighted by molar-refractivity contribution is 5.02. The van der Waals surface area contributed by atoms with Crippen LogP contribution in [0.3, 0.4) is 0 Å². The molecule has 3 fully saturated rings. The Hall–Kier alpha value is -0.600. The summed E-state index contributed by atoms with van der Waals surface area (Å²) < 4.78 is 22.5. The summed E-state index contributed by atoms with van der Waals surface area (Å²) >= 11 is 0. The third-order valence-electron chi connectivity index (χ3n) is 6.45. The van der Waals surface area contributed by atoms with Crippen LogP contribution in [0.25, 0.3) is 0 Å². The molecule has 33 heavy (non-hydrogen) atoms. The Morgan fingerprint density at radius 1 is 0.788 bits per heavy atom. The minimum absolute atomic E-state index is 0.0934. The Balaban J connectivity index is 1.79. The third kappa shape index (κ3) is 5.32. The van der Waals surface area contributed by atoms with Crippen molar-refractivity contribution in [1.82, 2.24) is 0 Å². The lowest BCUT2D eigenvalue weighted by molar-refractivity contribution is -0.317. The Morgan fingerprint density at radius 2 is 1.42 bits per heavy atom. The van der Waals surface area contributed by atoms with Gasteiger partial charge in [-0.1, -0.05) is 0 Å². The average Bonchev–Trinajstić information content (AvgIpc) is 3.06. The smallest absolute Gasteiger partial charge is 0.187 e. The van der Waals surface area contributed by atoms with Gasteiger partial charge in [-0.25, -0.2) is 0 Å². The molecule has 1 aliphatic carbocycles. The van der Waals surface area contributed by atoms with E-state index in [-0.39, 0.29) is 13.0 Å². The highest BCUT2D eigenvalue weighted by atomic mass is 16.7. The fraction of sp³-hybridized carbons (Fsp3) is 1.00. The zero-order chi connectivity index (χ0) is 24.6. The van der Waals surface area contributed by atoms with E-state index >= 15 is 0 Å². The van der Waals surface area contributed by atoms with Gasteiger partial charge in [-0.05, 0) is 6.42 Å². The molecule has 3 aliphatic rings. The summed E-state index contributed by atoms with van der Waals surface area (Å²) in [5.41, 5.74) is 23.6. The number of hydrogen-bond acceptors (Lipinski definition) is 15. The van der Waals surface area contributed by atoms with Gasteiger partial charge in [0.1, 0.15) is 54.9 Å². The van der Waals surface area contributed by atoms with Crippen LogP contribution in [0.4, 0.5) is 0 Å². The molecular formula is C18H36N4O11. The molecular weight excluding hydrogens is 448 g/mol. The molecule has 0 bridgehead atoms. The van der Waals surface area contributed by atoms with Gasteiger partial charge in [0, 0.05) is 18.6 Å². The normalized spacial score (nSPS) is 52.1. The average molecular weight is 485 g/mol. The molecule has 15 atom stereocenters. The van der Waals surface area contributed by atoms with Crippen LogP contribution in [0.1, 0.15) is 6.42 Å². The first-order chi connectivity index (χ1) is 15.5.